The van der Waals surface area contributed by atoms with Crippen LogP contribution < -0.4 is 0 Å². The maximum Gasteiger partial charge on any atom is 0.253 e. The van der Waals surface area contributed by atoms with Crippen LogP contribution in [0.25, 0.3) is 0 Å². The Kier molecular flexibility index (Phi) is 4.01. The second kappa shape index (κ2) is 6.10. The topological polar surface area (TPSA) is 41.4 Å². The molecule has 0 radical (unpaired) electrons. The molecule has 1 saturated heterocycles. The van der Waals surface area contributed by atoms with Gasteiger partial charge in [0.15, 0.2) is 0 Å². The molecule has 1 fully saturated rings. The number of benzene rings is 1. The Morgan fingerprint density at radius 1 is 1.14 bits per heavy atom. The number of amides is 1. The molecular weight excluding hydrogens is 264 g/mol. The number of rotatable bonds is 3. The van der Waals surface area contributed by atoms with E-state index in [2.05, 4.69) is 17.0 Å². The second-order valence-electron chi connectivity index (χ2n) is 5.50. The molecule has 0 saturated carbocycles. The average Bonchev–Trinajstić information content (AvgIpc) is 3.01. The molecule has 2 heterocycles. The maximum absolute atomic E-state index is 12.4. The molecule has 0 bridgehead atoms. The molecule has 0 atom stereocenters. The largest absolute Gasteiger partial charge is 0.336 e. The van der Waals surface area contributed by atoms with Crippen molar-refractivity contribution >= 4 is 5.91 Å². The van der Waals surface area contributed by atoms with Gasteiger partial charge >= 0.3 is 0 Å². The molecule has 110 valence electrons. The number of likely N-dealkylation sites (N-methyl/N-ethyl adjacent to an activating group) is 1. The van der Waals surface area contributed by atoms with Gasteiger partial charge in [-0.3, -0.25) is 9.48 Å². The lowest BCUT2D eigenvalue weighted by molar-refractivity contribution is 0.0664. The first-order valence-electron chi connectivity index (χ1n) is 7.26. The predicted molar refractivity (Wildman–Crippen MR) is 81.2 cm³/mol. The van der Waals surface area contributed by atoms with Gasteiger partial charge in [0, 0.05) is 44.1 Å². The summed E-state index contributed by atoms with van der Waals surface area (Å²) < 4.78 is 1.87. The van der Waals surface area contributed by atoms with Crippen molar-refractivity contribution in [2.75, 3.05) is 33.2 Å². The van der Waals surface area contributed by atoms with E-state index in [0.29, 0.717) is 0 Å². The molecule has 2 aromatic rings. The molecule has 3 rings (SSSR count). The van der Waals surface area contributed by atoms with Gasteiger partial charge < -0.3 is 9.80 Å². The van der Waals surface area contributed by atoms with Gasteiger partial charge in [-0.25, -0.2) is 0 Å². The SMILES string of the molecule is CN1CCN(C(=O)c2ccc(Cn3cccn3)cc2)CC1. The highest BCUT2D eigenvalue weighted by Gasteiger charge is 2.20. The molecule has 1 aliphatic heterocycles. The zero-order valence-corrected chi connectivity index (χ0v) is 12.3. The summed E-state index contributed by atoms with van der Waals surface area (Å²) in [6, 6.07) is 9.75. The normalized spacial score (nSPS) is 16.1. The molecule has 0 spiro atoms. The first kappa shape index (κ1) is 13.8. The van der Waals surface area contributed by atoms with Crippen molar-refractivity contribution in [1.82, 2.24) is 19.6 Å². The summed E-state index contributed by atoms with van der Waals surface area (Å²) in [5, 5.41) is 4.19. The minimum Gasteiger partial charge on any atom is -0.336 e. The lowest BCUT2D eigenvalue weighted by Crippen LogP contribution is -2.47. The Bertz CT molecular complexity index is 583. The van der Waals surface area contributed by atoms with Crippen LogP contribution in [-0.2, 0) is 6.54 Å². The number of hydrogen-bond donors (Lipinski definition) is 0. The first-order valence-corrected chi connectivity index (χ1v) is 7.26. The van der Waals surface area contributed by atoms with Gasteiger partial charge in [0.25, 0.3) is 5.91 Å². The smallest absolute Gasteiger partial charge is 0.253 e. The standard InChI is InChI=1S/C16H20N4O/c1-18-9-11-19(12-10-18)16(21)15-5-3-14(4-6-15)13-20-8-2-7-17-20/h2-8H,9-13H2,1H3. The zero-order valence-electron chi connectivity index (χ0n) is 12.3. The van der Waals surface area contributed by atoms with E-state index < -0.39 is 0 Å². The molecule has 1 aliphatic rings. The van der Waals surface area contributed by atoms with Crippen molar-refractivity contribution in [1.29, 1.82) is 0 Å². The van der Waals surface area contributed by atoms with Gasteiger partial charge in [-0.15, -0.1) is 0 Å². The van der Waals surface area contributed by atoms with Crippen molar-refractivity contribution in [2.45, 2.75) is 6.54 Å². The van der Waals surface area contributed by atoms with Crippen molar-refractivity contribution in [3.63, 3.8) is 0 Å². The van der Waals surface area contributed by atoms with Crippen LogP contribution in [0.1, 0.15) is 15.9 Å². The summed E-state index contributed by atoms with van der Waals surface area (Å²) in [6.07, 6.45) is 3.70. The molecule has 5 nitrogen and oxygen atoms in total. The highest BCUT2D eigenvalue weighted by Crippen LogP contribution is 2.10. The molecule has 0 N–H and O–H groups in total. The van der Waals surface area contributed by atoms with Crippen LogP contribution in [0.15, 0.2) is 42.7 Å². The monoisotopic (exact) mass is 284 g/mol. The number of aromatic nitrogens is 2. The molecule has 1 aromatic carbocycles. The Hall–Kier alpha value is -2.14. The number of carbonyl (C=O) groups is 1. The van der Waals surface area contributed by atoms with Gasteiger partial charge in [0.05, 0.1) is 6.54 Å². The van der Waals surface area contributed by atoms with E-state index in [0.717, 1.165) is 43.9 Å². The highest BCUT2D eigenvalue weighted by atomic mass is 16.2. The molecule has 5 heteroatoms. The predicted octanol–water partition coefficient (Wildman–Crippen LogP) is 1.32. The van der Waals surface area contributed by atoms with Gasteiger partial charge in [-0.05, 0) is 30.8 Å². The summed E-state index contributed by atoms with van der Waals surface area (Å²) in [5.74, 6) is 0.133. The molecule has 1 amide bonds. The van der Waals surface area contributed by atoms with Crippen LogP contribution in [0.5, 0.6) is 0 Å². The highest BCUT2D eigenvalue weighted by molar-refractivity contribution is 5.94. The van der Waals surface area contributed by atoms with Crippen molar-refractivity contribution < 1.29 is 4.79 Å². The summed E-state index contributed by atoms with van der Waals surface area (Å²) in [7, 11) is 2.09. The van der Waals surface area contributed by atoms with Gasteiger partial charge in [0.1, 0.15) is 0 Å². The third-order valence-electron chi connectivity index (χ3n) is 3.90. The fourth-order valence-electron chi connectivity index (χ4n) is 2.53. The number of nitrogens with zero attached hydrogens (tertiary/aromatic N) is 4. The zero-order chi connectivity index (χ0) is 14.7. The third kappa shape index (κ3) is 3.31. The Morgan fingerprint density at radius 3 is 2.48 bits per heavy atom. The van der Waals surface area contributed by atoms with Crippen molar-refractivity contribution in [2.24, 2.45) is 0 Å². The maximum atomic E-state index is 12.4. The van der Waals surface area contributed by atoms with E-state index in [1.165, 1.54) is 0 Å². The van der Waals surface area contributed by atoms with Gasteiger partial charge in [0.2, 0.25) is 0 Å². The van der Waals surface area contributed by atoms with E-state index in [-0.39, 0.29) is 5.91 Å². The minimum atomic E-state index is 0.133. The van der Waals surface area contributed by atoms with E-state index >= 15 is 0 Å². The van der Waals surface area contributed by atoms with E-state index in [9.17, 15) is 4.79 Å². The molecule has 1 aromatic heterocycles. The molecule has 0 unspecified atom stereocenters. The number of piperazine rings is 1. The summed E-state index contributed by atoms with van der Waals surface area (Å²) in [5.41, 5.74) is 1.91. The molecular formula is C16H20N4O. The Labute approximate surface area is 124 Å². The van der Waals surface area contributed by atoms with E-state index in [4.69, 9.17) is 0 Å². The lowest BCUT2D eigenvalue weighted by atomic mass is 10.1. The van der Waals surface area contributed by atoms with Crippen LogP contribution in [0.2, 0.25) is 0 Å². The fraction of sp³-hybridized carbons (Fsp3) is 0.375. The Morgan fingerprint density at radius 2 is 1.86 bits per heavy atom. The fourth-order valence-corrected chi connectivity index (χ4v) is 2.53. The van der Waals surface area contributed by atoms with Gasteiger partial charge in [-0.2, -0.15) is 5.10 Å². The van der Waals surface area contributed by atoms with Crippen LogP contribution in [0.3, 0.4) is 0 Å². The van der Waals surface area contributed by atoms with Crippen LogP contribution in [0.4, 0.5) is 0 Å². The summed E-state index contributed by atoms with van der Waals surface area (Å²) in [6.45, 7) is 4.25. The van der Waals surface area contributed by atoms with Crippen LogP contribution >= 0.6 is 0 Å². The summed E-state index contributed by atoms with van der Waals surface area (Å²) >= 11 is 0. The third-order valence-corrected chi connectivity index (χ3v) is 3.90. The Balaban J connectivity index is 1.64. The van der Waals surface area contributed by atoms with Gasteiger partial charge in [-0.1, -0.05) is 12.1 Å². The van der Waals surface area contributed by atoms with E-state index in [1.54, 1.807) is 6.20 Å². The molecule has 0 aliphatic carbocycles. The first-order chi connectivity index (χ1) is 10.2. The van der Waals surface area contributed by atoms with E-state index in [1.807, 2.05) is 46.1 Å². The average molecular weight is 284 g/mol. The second-order valence-corrected chi connectivity index (χ2v) is 5.50. The summed E-state index contributed by atoms with van der Waals surface area (Å²) in [4.78, 5) is 16.6. The minimum absolute atomic E-state index is 0.133. The van der Waals surface area contributed by atoms with Crippen LogP contribution in [-0.4, -0.2) is 58.7 Å². The number of hydrogen-bond acceptors (Lipinski definition) is 3. The number of carbonyl (C=O) groups excluding carboxylic acids is 1. The van der Waals surface area contributed by atoms with Crippen molar-refractivity contribution in [3.05, 3.63) is 53.9 Å². The van der Waals surface area contributed by atoms with Crippen molar-refractivity contribution in [3.8, 4) is 0 Å². The molecule has 21 heavy (non-hydrogen) atoms. The van der Waals surface area contributed by atoms with Crippen LogP contribution in [0, 0.1) is 0 Å². The quantitative estimate of drug-likeness (QED) is 0.853. The lowest BCUT2D eigenvalue weighted by Gasteiger charge is -2.32.